The topological polar surface area (TPSA) is 371 Å². The Labute approximate surface area is 724 Å². The highest BCUT2D eigenvalue weighted by atomic mass is 35.5. The van der Waals surface area contributed by atoms with Crippen LogP contribution < -0.4 is 21.3 Å². The molecule has 24 nitrogen and oxygen atoms in total. The normalized spacial score (nSPS) is 11.7. The van der Waals surface area contributed by atoms with Crippen molar-refractivity contribution in [2.45, 2.75) is 57.1 Å². The zero-order chi connectivity index (χ0) is 87.1. The molecule has 4 amide bonds. The van der Waals surface area contributed by atoms with Gasteiger partial charge in [0, 0.05) is 111 Å². The largest absolute Gasteiger partial charge is 0.392 e. The molecule has 0 radical (unpaired) electrons. The summed E-state index contributed by atoms with van der Waals surface area (Å²) < 4.78 is 99.1. The maximum Gasteiger partial charge on any atom is 0.255 e. The van der Waals surface area contributed by atoms with E-state index in [0.29, 0.717) is 121 Å². The second-order valence-corrected chi connectivity index (χ2v) is 36.7. The number of pyridine rings is 6. The van der Waals surface area contributed by atoms with Gasteiger partial charge in [-0.1, -0.05) is 82.8 Å². The van der Waals surface area contributed by atoms with Crippen LogP contribution in [-0.2, 0) is 50.9 Å². The summed E-state index contributed by atoms with van der Waals surface area (Å²) in [6.45, 7) is 2.81. The molecule has 0 saturated heterocycles. The van der Waals surface area contributed by atoms with Crippen molar-refractivity contribution in [3.05, 3.63) is 370 Å². The molecule has 122 heavy (non-hydrogen) atoms. The van der Waals surface area contributed by atoms with Gasteiger partial charge in [-0.25, -0.2) is 33.7 Å². The second-order valence-electron chi connectivity index (χ2n) is 27.0. The van der Waals surface area contributed by atoms with E-state index in [9.17, 15) is 63.1 Å². The average Bonchev–Trinajstić information content (AvgIpc) is 0.831. The maximum atomic E-state index is 12.7. The Hall–Kier alpha value is -12.6. The first-order valence-electron chi connectivity index (χ1n) is 36.9. The fourth-order valence-electron chi connectivity index (χ4n) is 11.7. The molecule has 14 aromatic rings. The zero-order valence-corrected chi connectivity index (χ0v) is 70.9. The minimum atomic E-state index is -3.61. The molecule has 6 N–H and O–H groups in total. The molecule has 0 aliphatic rings. The van der Waals surface area contributed by atoms with E-state index in [-0.39, 0.29) is 54.4 Å². The lowest BCUT2D eigenvalue weighted by Gasteiger charge is -2.10. The number of aromatic nitrogens is 6. The van der Waals surface area contributed by atoms with Crippen LogP contribution in [0.15, 0.2) is 336 Å². The van der Waals surface area contributed by atoms with Gasteiger partial charge in [-0.05, 0) is 256 Å². The smallest absolute Gasteiger partial charge is 0.255 e. The number of nitrogens with one attached hydrogen (secondary N) is 4. The second kappa shape index (κ2) is 41.6. The van der Waals surface area contributed by atoms with E-state index in [1.165, 1.54) is 117 Å². The van der Waals surface area contributed by atoms with Crippen molar-refractivity contribution >= 4 is 132 Å². The average molecular weight is 1790 g/mol. The van der Waals surface area contributed by atoms with Gasteiger partial charge in [0.2, 0.25) is 0 Å². The van der Waals surface area contributed by atoms with E-state index in [1.54, 1.807) is 152 Å². The predicted octanol–water partition coefficient (Wildman–Crippen LogP) is 17.7. The third-order valence-corrected chi connectivity index (χ3v) is 26.1. The number of carbonyl (C=O) groups is 4. The molecule has 0 fully saturated rings. The van der Waals surface area contributed by atoms with Gasteiger partial charge >= 0.3 is 0 Å². The summed E-state index contributed by atoms with van der Waals surface area (Å²) in [7, 11) is -14.3. The van der Waals surface area contributed by atoms with Crippen molar-refractivity contribution in [1.29, 1.82) is 0 Å². The van der Waals surface area contributed by atoms with Gasteiger partial charge < -0.3 is 31.5 Å². The molecule has 2 atom stereocenters. The van der Waals surface area contributed by atoms with Crippen LogP contribution in [0.4, 0.5) is 22.7 Å². The highest BCUT2D eigenvalue weighted by Gasteiger charge is 2.24. The molecule has 6 aromatic heterocycles. The zero-order valence-electron chi connectivity index (χ0n) is 64.6. The summed E-state index contributed by atoms with van der Waals surface area (Å²) in [5, 5.41) is 31.9. The Morgan fingerprint density at radius 3 is 0.828 bits per heavy atom. The van der Waals surface area contributed by atoms with E-state index in [0.717, 1.165) is 0 Å². The first kappa shape index (κ1) is 90.2. The van der Waals surface area contributed by atoms with Gasteiger partial charge in [0.25, 0.3) is 23.6 Å². The van der Waals surface area contributed by atoms with E-state index in [4.69, 9.17) is 46.4 Å². The number of sulfone groups is 4. The molecule has 32 heteroatoms. The minimum Gasteiger partial charge on any atom is -0.392 e. The number of benzene rings is 8. The summed E-state index contributed by atoms with van der Waals surface area (Å²) in [5.74, 6) is -2.63. The number of halogens is 4. The fraction of sp³-hybridized carbons (Fsp3) is 0.0889. The third-order valence-electron chi connectivity index (χ3n) is 17.6. The van der Waals surface area contributed by atoms with Crippen LogP contribution in [0.1, 0.15) is 66.5 Å². The van der Waals surface area contributed by atoms with Gasteiger partial charge in [0.1, 0.15) is 0 Å². The number of anilines is 4. The highest BCUT2D eigenvalue weighted by Crippen LogP contribution is 2.35. The van der Waals surface area contributed by atoms with E-state index >= 15 is 0 Å². The van der Waals surface area contributed by atoms with Crippen molar-refractivity contribution < 1.29 is 63.1 Å². The summed E-state index contributed by atoms with van der Waals surface area (Å²) in [6, 6.07) is 73.6. The molecule has 0 aliphatic heterocycles. The van der Waals surface area contributed by atoms with Crippen molar-refractivity contribution in [2.75, 3.05) is 32.8 Å². The van der Waals surface area contributed by atoms with Crippen LogP contribution in [0, 0.1) is 0 Å². The number of aliphatic hydroxyl groups is 2. The lowest BCUT2D eigenvalue weighted by atomic mass is 10.1. The molecule has 0 aliphatic carbocycles. The monoisotopic (exact) mass is 1790 g/mol. The molecule has 0 bridgehead atoms. The summed E-state index contributed by atoms with van der Waals surface area (Å²) in [4.78, 5) is 75.9. The number of hydrogen-bond acceptors (Lipinski definition) is 20. The number of rotatable bonds is 24. The summed E-state index contributed by atoms with van der Waals surface area (Å²) in [6.07, 6.45) is 9.36. The Kier molecular flexibility index (Phi) is 30.8. The number of hydrogen-bond donors (Lipinski definition) is 6. The third kappa shape index (κ3) is 25.3. The standard InChI is InChI=1S/2C24H18ClN3O3S.2C21H19ClN2O4S/c25-22-12-9-18(15-21(22)23-6-2-4-14-27-23)28-24(29)17-7-10-20(11-8-17)32(30,31)16-19-5-1-3-13-26-19;25-22-11-8-19(14-21(22)23-5-1-2-13-27-23)28-24(29)18-6-9-20(10-7-18)32(30,31)16-17-4-3-12-26-15-17;2*1-14(25)13-29(27,28)17-8-5-15(6-9-17)21(26)24-16-7-10-19(22)18(12-16)20-4-2-3-11-23-20/h2*1-15H,16H2,(H,28,29);2*2-12,14,25H,13H2,1H3,(H,24,26)/t;;2*14-/m..10/s1. The van der Waals surface area contributed by atoms with Crippen LogP contribution >= 0.6 is 46.4 Å². The molecular formula is C90H74Cl4N10O14S4. The van der Waals surface area contributed by atoms with Crippen molar-refractivity contribution in [1.82, 2.24) is 29.9 Å². The molecular weight excluding hydrogens is 1720 g/mol. The molecule has 0 unspecified atom stereocenters. The van der Waals surface area contributed by atoms with Crippen LogP contribution in [0.2, 0.25) is 20.1 Å². The van der Waals surface area contributed by atoms with E-state index < -0.39 is 63.4 Å². The highest BCUT2D eigenvalue weighted by molar-refractivity contribution is 7.92. The van der Waals surface area contributed by atoms with Crippen LogP contribution in [0.3, 0.4) is 0 Å². The first-order chi connectivity index (χ1) is 58.4. The first-order valence-corrected chi connectivity index (χ1v) is 45.0. The molecule has 14 rings (SSSR count). The number of amides is 4. The molecule has 6 heterocycles. The maximum absolute atomic E-state index is 12.7. The molecule has 8 aromatic carbocycles. The van der Waals surface area contributed by atoms with Gasteiger partial charge in [0.15, 0.2) is 39.3 Å². The van der Waals surface area contributed by atoms with E-state index in [2.05, 4.69) is 51.2 Å². The summed E-state index contributed by atoms with van der Waals surface area (Å²) >= 11 is 25.1. The Morgan fingerprint density at radius 1 is 0.311 bits per heavy atom. The van der Waals surface area contributed by atoms with Gasteiger partial charge in [-0.3, -0.25) is 49.1 Å². The molecule has 0 saturated carbocycles. The fourth-order valence-corrected chi connectivity index (χ4v) is 17.9. The molecule has 0 spiro atoms. The Morgan fingerprint density at radius 2 is 0.582 bits per heavy atom. The predicted molar refractivity (Wildman–Crippen MR) is 474 cm³/mol. The minimum absolute atomic E-state index is 0.0545. The van der Waals surface area contributed by atoms with Crippen molar-refractivity contribution in [3.8, 4) is 45.0 Å². The van der Waals surface area contributed by atoms with Crippen LogP contribution in [0.5, 0.6) is 0 Å². The summed E-state index contributed by atoms with van der Waals surface area (Å²) in [5.41, 5.74) is 9.99. The lowest BCUT2D eigenvalue weighted by Crippen LogP contribution is -2.18. The van der Waals surface area contributed by atoms with Crippen molar-refractivity contribution in [2.24, 2.45) is 0 Å². The SMILES string of the molecule is C[C@@H](O)CS(=O)(=O)c1ccc(C(=O)Nc2ccc(Cl)c(-c3ccccn3)c2)cc1.C[C@H](O)CS(=O)(=O)c1ccc(C(=O)Nc2ccc(Cl)c(-c3ccccn3)c2)cc1.O=C(Nc1ccc(Cl)c(-c2ccccn2)c1)c1ccc(S(=O)(=O)Cc2ccccn2)cc1.O=C(Nc1ccc(Cl)c(-c2ccccn2)c1)c1ccc(S(=O)(=O)Cc2cccnc2)cc1. The van der Waals surface area contributed by atoms with E-state index in [1.807, 2.05) is 60.7 Å². The van der Waals surface area contributed by atoms with Gasteiger partial charge in [-0.2, -0.15) is 0 Å². The van der Waals surface area contributed by atoms with Crippen LogP contribution in [0.25, 0.3) is 45.0 Å². The van der Waals surface area contributed by atoms with Gasteiger partial charge in [-0.15, -0.1) is 0 Å². The van der Waals surface area contributed by atoms with Gasteiger partial charge in [0.05, 0.1) is 103 Å². The number of nitrogens with zero attached hydrogens (tertiary/aromatic N) is 6. The quantitative estimate of drug-likeness (QED) is 0.0327. The number of aliphatic hydroxyl groups excluding tert-OH is 2. The molecule has 620 valence electrons. The Bertz CT molecular complexity index is 6110. The van der Waals surface area contributed by atoms with Crippen molar-refractivity contribution in [3.63, 3.8) is 0 Å². The van der Waals surface area contributed by atoms with Crippen LogP contribution in [-0.4, -0.2) is 121 Å². The number of carbonyl (C=O) groups excluding carboxylic acids is 4. The Balaban J connectivity index is 0.000000159. The lowest BCUT2D eigenvalue weighted by molar-refractivity contribution is 0.101.